The summed E-state index contributed by atoms with van der Waals surface area (Å²) in [4.78, 5) is 0. The second-order valence-corrected chi connectivity index (χ2v) is 4.59. The Bertz CT molecular complexity index is 548. The SMILES string of the molecule is N#Cc1ccc([C@H]2C[C@@H]2c2ccccc2)cc1. The summed E-state index contributed by atoms with van der Waals surface area (Å²) < 4.78 is 0. The maximum absolute atomic E-state index is 8.76. The number of rotatable bonds is 2. The Kier molecular flexibility index (Phi) is 2.42. The number of nitriles is 1. The summed E-state index contributed by atoms with van der Waals surface area (Å²) in [7, 11) is 0. The minimum absolute atomic E-state index is 0.644. The molecule has 0 N–H and O–H groups in total. The van der Waals surface area contributed by atoms with Crippen molar-refractivity contribution in [2.75, 3.05) is 0 Å². The second kappa shape index (κ2) is 4.07. The molecule has 1 aliphatic rings. The zero-order chi connectivity index (χ0) is 11.7. The van der Waals surface area contributed by atoms with Gasteiger partial charge in [-0.2, -0.15) is 5.26 Å². The molecule has 0 saturated heterocycles. The van der Waals surface area contributed by atoms with E-state index >= 15 is 0 Å². The molecule has 82 valence electrons. The van der Waals surface area contributed by atoms with Gasteiger partial charge in [0.05, 0.1) is 11.6 Å². The Morgan fingerprint density at radius 2 is 1.41 bits per heavy atom. The van der Waals surface area contributed by atoms with Crippen LogP contribution in [0.5, 0.6) is 0 Å². The van der Waals surface area contributed by atoms with Crippen LogP contribution in [0, 0.1) is 11.3 Å². The number of benzene rings is 2. The Morgan fingerprint density at radius 3 is 2.00 bits per heavy atom. The molecule has 2 aromatic carbocycles. The largest absolute Gasteiger partial charge is 0.192 e. The molecule has 0 aliphatic heterocycles. The van der Waals surface area contributed by atoms with Crippen LogP contribution in [-0.4, -0.2) is 0 Å². The van der Waals surface area contributed by atoms with Crippen molar-refractivity contribution in [3.8, 4) is 6.07 Å². The van der Waals surface area contributed by atoms with Crippen LogP contribution in [0.2, 0.25) is 0 Å². The lowest BCUT2D eigenvalue weighted by Gasteiger charge is -2.01. The van der Waals surface area contributed by atoms with Crippen molar-refractivity contribution in [3.63, 3.8) is 0 Å². The number of hydrogen-bond donors (Lipinski definition) is 0. The van der Waals surface area contributed by atoms with Crippen molar-refractivity contribution in [3.05, 3.63) is 71.3 Å². The van der Waals surface area contributed by atoms with Crippen LogP contribution >= 0.6 is 0 Å². The second-order valence-electron chi connectivity index (χ2n) is 4.59. The third kappa shape index (κ3) is 1.94. The first-order valence-electron chi connectivity index (χ1n) is 5.93. The van der Waals surface area contributed by atoms with Crippen LogP contribution in [0.1, 0.15) is 34.9 Å². The van der Waals surface area contributed by atoms with Gasteiger partial charge in [-0.3, -0.25) is 0 Å². The van der Waals surface area contributed by atoms with E-state index in [2.05, 4.69) is 48.5 Å². The molecular weight excluding hydrogens is 206 g/mol. The van der Waals surface area contributed by atoms with E-state index < -0.39 is 0 Å². The molecule has 0 aromatic heterocycles. The van der Waals surface area contributed by atoms with E-state index in [0.29, 0.717) is 11.8 Å². The first-order valence-corrected chi connectivity index (χ1v) is 5.93. The van der Waals surface area contributed by atoms with Gasteiger partial charge in [-0.1, -0.05) is 42.5 Å². The fraction of sp³-hybridized carbons (Fsp3) is 0.188. The third-order valence-electron chi connectivity index (χ3n) is 3.49. The van der Waals surface area contributed by atoms with Crippen molar-refractivity contribution in [1.29, 1.82) is 5.26 Å². The van der Waals surface area contributed by atoms with E-state index in [1.54, 1.807) is 0 Å². The summed E-state index contributed by atoms with van der Waals surface area (Å²) in [6, 6.07) is 20.8. The first kappa shape index (κ1) is 10.1. The van der Waals surface area contributed by atoms with E-state index in [4.69, 9.17) is 5.26 Å². The third-order valence-corrected chi connectivity index (χ3v) is 3.49. The monoisotopic (exact) mass is 219 g/mol. The molecule has 2 aromatic rings. The van der Waals surface area contributed by atoms with Crippen molar-refractivity contribution < 1.29 is 0 Å². The van der Waals surface area contributed by atoms with Gasteiger partial charge in [0.15, 0.2) is 0 Å². The molecule has 17 heavy (non-hydrogen) atoms. The molecule has 1 saturated carbocycles. The van der Waals surface area contributed by atoms with E-state index in [1.807, 2.05) is 12.1 Å². The minimum Gasteiger partial charge on any atom is -0.192 e. The van der Waals surface area contributed by atoms with E-state index in [-0.39, 0.29) is 0 Å². The predicted molar refractivity (Wildman–Crippen MR) is 67.7 cm³/mol. The Hall–Kier alpha value is -2.07. The van der Waals surface area contributed by atoms with E-state index in [1.165, 1.54) is 17.5 Å². The summed E-state index contributed by atoms with van der Waals surface area (Å²) in [5, 5.41) is 8.76. The lowest BCUT2D eigenvalue weighted by atomic mass is 10.0. The molecule has 1 nitrogen and oxygen atoms in total. The van der Waals surface area contributed by atoms with E-state index in [0.717, 1.165) is 5.56 Å². The van der Waals surface area contributed by atoms with Gasteiger partial charge in [0.2, 0.25) is 0 Å². The van der Waals surface area contributed by atoms with Crippen molar-refractivity contribution in [1.82, 2.24) is 0 Å². The highest BCUT2D eigenvalue weighted by Gasteiger charge is 2.39. The molecule has 1 aliphatic carbocycles. The quantitative estimate of drug-likeness (QED) is 0.753. The maximum Gasteiger partial charge on any atom is 0.0991 e. The molecule has 2 atom stereocenters. The van der Waals surface area contributed by atoms with Crippen LogP contribution in [0.25, 0.3) is 0 Å². The fourth-order valence-corrected chi connectivity index (χ4v) is 2.44. The Labute approximate surface area is 101 Å². The number of nitrogens with zero attached hydrogens (tertiary/aromatic N) is 1. The molecule has 0 unspecified atom stereocenters. The van der Waals surface area contributed by atoms with Gasteiger partial charge in [-0.05, 0) is 41.5 Å². The van der Waals surface area contributed by atoms with Crippen LogP contribution in [-0.2, 0) is 0 Å². The summed E-state index contributed by atoms with van der Waals surface area (Å²) in [6.45, 7) is 0. The Balaban J connectivity index is 1.78. The molecule has 1 fully saturated rings. The van der Waals surface area contributed by atoms with Gasteiger partial charge >= 0.3 is 0 Å². The lowest BCUT2D eigenvalue weighted by molar-refractivity contribution is 1.03. The van der Waals surface area contributed by atoms with Crippen molar-refractivity contribution in [2.24, 2.45) is 0 Å². The van der Waals surface area contributed by atoms with Gasteiger partial charge in [-0.25, -0.2) is 0 Å². The van der Waals surface area contributed by atoms with Gasteiger partial charge in [0.1, 0.15) is 0 Å². The molecule has 1 heteroatoms. The highest BCUT2D eigenvalue weighted by atomic mass is 14.4. The summed E-state index contributed by atoms with van der Waals surface area (Å²) in [5.74, 6) is 1.31. The predicted octanol–water partition coefficient (Wildman–Crippen LogP) is 3.83. The van der Waals surface area contributed by atoms with Crippen molar-refractivity contribution in [2.45, 2.75) is 18.3 Å². The highest BCUT2D eigenvalue weighted by Crippen LogP contribution is 2.54. The van der Waals surface area contributed by atoms with Gasteiger partial charge in [-0.15, -0.1) is 0 Å². The van der Waals surface area contributed by atoms with E-state index in [9.17, 15) is 0 Å². The zero-order valence-corrected chi connectivity index (χ0v) is 9.51. The maximum atomic E-state index is 8.76. The molecule has 3 rings (SSSR count). The molecule has 0 amide bonds. The zero-order valence-electron chi connectivity index (χ0n) is 9.51. The van der Waals surface area contributed by atoms with Crippen molar-refractivity contribution >= 4 is 0 Å². The first-order chi connectivity index (χ1) is 8.38. The van der Waals surface area contributed by atoms with Crippen LogP contribution in [0.3, 0.4) is 0 Å². The Morgan fingerprint density at radius 1 is 0.824 bits per heavy atom. The molecule has 0 radical (unpaired) electrons. The highest BCUT2D eigenvalue weighted by molar-refractivity contribution is 5.39. The van der Waals surface area contributed by atoms with Crippen LogP contribution in [0.4, 0.5) is 0 Å². The average Bonchev–Trinajstić information content (AvgIpc) is 3.20. The van der Waals surface area contributed by atoms with Crippen LogP contribution in [0.15, 0.2) is 54.6 Å². The van der Waals surface area contributed by atoms with Gasteiger partial charge in [0, 0.05) is 0 Å². The molecular formula is C16H13N. The summed E-state index contributed by atoms with van der Waals surface area (Å²) in [6.07, 6.45) is 1.23. The molecule has 0 heterocycles. The lowest BCUT2D eigenvalue weighted by Crippen LogP contribution is -1.84. The summed E-state index contributed by atoms with van der Waals surface area (Å²) in [5.41, 5.74) is 3.53. The smallest absolute Gasteiger partial charge is 0.0991 e. The molecule has 0 bridgehead atoms. The van der Waals surface area contributed by atoms with Gasteiger partial charge < -0.3 is 0 Å². The fourth-order valence-electron chi connectivity index (χ4n) is 2.44. The average molecular weight is 219 g/mol. The number of hydrogen-bond acceptors (Lipinski definition) is 1. The minimum atomic E-state index is 0.644. The standard InChI is InChI=1S/C16H13N/c17-11-12-6-8-14(9-7-12)16-10-15(16)13-4-2-1-3-5-13/h1-9,15-16H,10H2/t15-,16-/m1/s1. The topological polar surface area (TPSA) is 23.8 Å². The summed E-state index contributed by atoms with van der Waals surface area (Å²) >= 11 is 0. The normalized spacial score (nSPS) is 21.8. The van der Waals surface area contributed by atoms with Gasteiger partial charge in [0.25, 0.3) is 0 Å². The van der Waals surface area contributed by atoms with Crippen LogP contribution < -0.4 is 0 Å². The molecule has 0 spiro atoms.